The number of likely N-dealkylation sites (N-methyl/N-ethyl adjacent to an activating group) is 1. The molecule has 0 aliphatic heterocycles. The molecule has 0 fully saturated rings. The van der Waals surface area contributed by atoms with Crippen LogP contribution in [0, 0.1) is 0 Å². The van der Waals surface area contributed by atoms with Gasteiger partial charge in [0.25, 0.3) is 0 Å². The van der Waals surface area contributed by atoms with Gasteiger partial charge < -0.3 is 10.2 Å². The highest BCUT2D eigenvalue weighted by Crippen LogP contribution is 2.15. The van der Waals surface area contributed by atoms with Gasteiger partial charge in [-0.3, -0.25) is 4.79 Å². The first-order valence-corrected chi connectivity index (χ1v) is 8.89. The molecule has 0 saturated heterocycles. The molecule has 0 unspecified atom stereocenters. The van der Waals surface area contributed by atoms with E-state index >= 15 is 0 Å². The molecular formula is C14H21ClN2O3S. The van der Waals surface area contributed by atoms with Crippen molar-refractivity contribution in [2.75, 3.05) is 31.9 Å². The van der Waals surface area contributed by atoms with E-state index in [0.717, 1.165) is 13.1 Å². The Kier molecular flexibility index (Phi) is 7.14. The highest BCUT2D eigenvalue weighted by Gasteiger charge is 2.19. The Bertz CT molecular complexity index is 554. The van der Waals surface area contributed by atoms with Gasteiger partial charge in [-0.1, -0.05) is 25.4 Å². The molecule has 21 heavy (non-hydrogen) atoms. The molecule has 1 rings (SSSR count). The summed E-state index contributed by atoms with van der Waals surface area (Å²) in [5, 5.41) is 3.09. The summed E-state index contributed by atoms with van der Waals surface area (Å²) >= 11 is 5.71. The normalized spacial score (nSPS) is 11.6. The van der Waals surface area contributed by atoms with Crippen LogP contribution in [0.25, 0.3) is 0 Å². The van der Waals surface area contributed by atoms with Crippen molar-refractivity contribution in [3.8, 4) is 0 Å². The molecule has 0 saturated carbocycles. The van der Waals surface area contributed by atoms with Gasteiger partial charge >= 0.3 is 0 Å². The number of amides is 1. The molecule has 0 aromatic heterocycles. The van der Waals surface area contributed by atoms with Gasteiger partial charge in [0.1, 0.15) is 5.75 Å². The van der Waals surface area contributed by atoms with Gasteiger partial charge in [0.15, 0.2) is 9.84 Å². The third-order valence-corrected chi connectivity index (χ3v) is 5.02. The monoisotopic (exact) mass is 332 g/mol. The number of carbonyl (C=O) groups excluding carboxylic acids is 1. The van der Waals surface area contributed by atoms with Crippen molar-refractivity contribution < 1.29 is 13.2 Å². The highest BCUT2D eigenvalue weighted by atomic mass is 35.5. The average Bonchev–Trinajstić information content (AvgIpc) is 2.43. The molecule has 1 amide bonds. The zero-order chi connectivity index (χ0) is 15.9. The number of halogens is 1. The zero-order valence-corrected chi connectivity index (χ0v) is 13.9. The first kappa shape index (κ1) is 17.9. The number of hydrogen-bond donors (Lipinski definition) is 1. The van der Waals surface area contributed by atoms with Crippen molar-refractivity contribution in [1.29, 1.82) is 0 Å². The summed E-state index contributed by atoms with van der Waals surface area (Å²) in [6.45, 7) is 7.02. The average molecular weight is 333 g/mol. The van der Waals surface area contributed by atoms with E-state index in [-0.39, 0.29) is 4.90 Å². The minimum atomic E-state index is -3.62. The molecule has 0 aliphatic carbocycles. The van der Waals surface area contributed by atoms with Gasteiger partial charge in [-0.05, 0) is 37.4 Å². The molecule has 7 heteroatoms. The number of rotatable bonds is 8. The van der Waals surface area contributed by atoms with Gasteiger partial charge in [-0.2, -0.15) is 0 Å². The maximum Gasteiger partial charge on any atom is 0.235 e. The van der Waals surface area contributed by atoms with Crippen molar-refractivity contribution >= 4 is 27.3 Å². The van der Waals surface area contributed by atoms with Crippen LogP contribution < -0.4 is 5.32 Å². The van der Waals surface area contributed by atoms with E-state index in [2.05, 4.69) is 10.2 Å². The Hall–Kier alpha value is -1.11. The van der Waals surface area contributed by atoms with Crippen LogP contribution in [0.1, 0.15) is 13.8 Å². The fourth-order valence-electron chi connectivity index (χ4n) is 1.84. The van der Waals surface area contributed by atoms with E-state index < -0.39 is 21.5 Å². The second-order valence-electron chi connectivity index (χ2n) is 4.59. The maximum absolute atomic E-state index is 12.0. The molecular weight excluding hydrogens is 312 g/mol. The van der Waals surface area contributed by atoms with Gasteiger partial charge in [0.2, 0.25) is 5.91 Å². The third-order valence-electron chi connectivity index (χ3n) is 3.14. The molecule has 0 spiro atoms. The first-order valence-electron chi connectivity index (χ1n) is 6.86. The summed E-state index contributed by atoms with van der Waals surface area (Å²) in [7, 11) is -3.62. The summed E-state index contributed by atoms with van der Waals surface area (Å²) in [5.41, 5.74) is 0. The number of sulfone groups is 1. The van der Waals surface area contributed by atoms with Crippen LogP contribution >= 0.6 is 11.6 Å². The number of hydrogen-bond acceptors (Lipinski definition) is 4. The van der Waals surface area contributed by atoms with E-state index in [1.54, 1.807) is 0 Å². The zero-order valence-electron chi connectivity index (χ0n) is 12.3. The van der Waals surface area contributed by atoms with E-state index in [0.29, 0.717) is 18.1 Å². The lowest BCUT2D eigenvalue weighted by Gasteiger charge is -2.17. The van der Waals surface area contributed by atoms with Crippen LogP contribution in [0.5, 0.6) is 0 Å². The van der Waals surface area contributed by atoms with Crippen LogP contribution in [-0.2, 0) is 14.6 Å². The Morgan fingerprint density at radius 1 is 1.19 bits per heavy atom. The number of nitrogens with zero attached hydrogens (tertiary/aromatic N) is 1. The molecule has 0 bridgehead atoms. The smallest absolute Gasteiger partial charge is 0.235 e. The standard InChI is InChI=1S/C14H21ClN2O3S/c1-3-17(4-2)10-9-16-14(18)11-21(19,20)13-7-5-12(15)6-8-13/h5-8H,3-4,9-11H2,1-2H3,(H,16,18). The number of benzene rings is 1. The van der Waals surface area contributed by atoms with E-state index in [4.69, 9.17) is 11.6 Å². The Labute approximate surface area is 131 Å². The van der Waals surface area contributed by atoms with Gasteiger partial charge in [-0.25, -0.2) is 8.42 Å². The van der Waals surface area contributed by atoms with E-state index in [9.17, 15) is 13.2 Å². The largest absolute Gasteiger partial charge is 0.354 e. The quantitative estimate of drug-likeness (QED) is 0.784. The fourth-order valence-corrected chi connectivity index (χ4v) is 3.13. The predicted octanol–water partition coefficient (Wildman–Crippen LogP) is 1.57. The molecule has 1 N–H and O–H groups in total. The van der Waals surface area contributed by atoms with Gasteiger partial charge in [0.05, 0.1) is 4.90 Å². The van der Waals surface area contributed by atoms with Gasteiger partial charge in [0, 0.05) is 18.1 Å². The van der Waals surface area contributed by atoms with Crippen molar-refractivity contribution in [3.63, 3.8) is 0 Å². The SMILES string of the molecule is CCN(CC)CCNC(=O)CS(=O)(=O)c1ccc(Cl)cc1. The first-order chi connectivity index (χ1) is 9.89. The summed E-state index contributed by atoms with van der Waals surface area (Å²) in [6.07, 6.45) is 0. The molecule has 5 nitrogen and oxygen atoms in total. The van der Waals surface area contributed by atoms with Crippen LogP contribution in [0.4, 0.5) is 0 Å². The Morgan fingerprint density at radius 3 is 2.29 bits per heavy atom. The van der Waals surface area contributed by atoms with Gasteiger partial charge in [-0.15, -0.1) is 0 Å². The maximum atomic E-state index is 12.0. The van der Waals surface area contributed by atoms with Crippen LogP contribution in [0.2, 0.25) is 5.02 Å². The predicted molar refractivity (Wildman–Crippen MR) is 84.3 cm³/mol. The summed E-state index contributed by atoms with van der Waals surface area (Å²) in [4.78, 5) is 14.0. The molecule has 1 aromatic carbocycles. The van der Waals surface area contributed by atoms with E-state index in [1.165, 1.54) is 24.3 Å². The van der Waals surface area contributed by atoms with Crippen molar-refractivity contribution in [1.82, 2.24) is 10.2 Å². The summed E-state index contributed by atoms with van der Waals surface area (Å²) in [5.74, 6) is -1.04. The molecule has 0 atom stereocenters. The third kappa shape index (κ3) is 6.03. The lowest BCUT2D eigenvalue weighted by molar-refractivity contribution is -0.118. The van der Waals surface area contributed by atoms with Crippen LogP contribution in [0.15, 0.2) is 29.2 Å². The fraction of sp³-hybridized carbons (Fsp3) is 0.500. The number of carbonyl (C=O) groups is 1. The molecule has 118 valence electrons. The Morgan fingerprint density at radius 2 is 1.76 bits per heavy atom. The molecule has 0 heterocycles. The Balaban J connectivity index is 2.52. The molecule has 0 radical (unpaired) electrons. The second kappa shape index (κ2) is 8.36. The molecule has 0 aliphatic rings. The van der Waals surface area contributed by atoms with Crippen LogP contribution in [0.3, 0.4) is 0 Å². The lowest BCUT2D eigenvalue weighted by atomic mass is 10.4. The topological polar surface area (TPSA) is 66.5 Å². The highest BCUT2D eigenvalue weighted by molar-refractivity contribution is 7.92. The lowest BCUT2D eigenvalue weighted by Crippen LogP contribution is -2.37. The van der Waals surface area contributed by atoms with Crippen molar-refractivity contribution in [3.05, 3.63) is 29.3 Å². The summed E-state index contributed by atoms with van der Waals surface area (Å²) < 4.78 is 24.1. The van der Waals surface area contributed by atoms with Crippen LogP contribution in [-0.4, -0.2) is 51.2 Å². The minimum Gasteiger partial charge on any atom is -0.354 e. The van der Waals surface area contributed by atoms with Crippen molar-refractivity contribution in [2.24, 2.45) is 0 Å². The van der Waals surface area contributed by atoms with Crippen molar-refractivity contribution in [2.45, 2.75) is 18.7 Å². The van der Waals surface area contributed by atoms with E-state index in [1.807, 2.05) is 13.8 Å². The minimum absolute atomic E-state index is 0.103. The second-order valence-corrected chi connectivity index (χ2v) is 7.02. The molecule has 1 aromatic rings. The number of nitrogens with one attached hydrogen (secondary N) is 1. The summed E-state index contributed by atoms with van der Waals surface area (Å²) in [6, 6.07) is 5.79.